The first-order valence-electron chi connectivity index (χ1n) is 6.22. The summed E-state index contributed by atoms with van der Waals surface area (Å²) in [5, 5.41) is 9.51. The molecule has 0 aliphatic rings. The van der Waals surface area contributed by atoms with Gasteiger partial charge in [-0.25, -0.2) is 9.18 Å². The third kappa shape index (κ3) is 3.97. The quantitative estimate of drug-likeness (QED) is 0.549. The van der Waals surface area contributed by atoms with Gasteiger partial charge < -0.3 is 5.11 Å². The van der Waals surface area contributed by atoms with Crippen LogP contribution in [0.1, 0.15) is 38.8 Å². The van der Waals surface area contributed by atoms with Crippen molar-refractivity contribution in [1.29, 1.82) is 0 Å². The van der Waals surface area contributed by atoms with E-state index in [0.717, 1.165) is 0 Å². The Morgan fingerprint density at radius 3 is 2.55 bits per heavy atom. The van der Waals surface area contributed by atoms with Crippen LogP contribution in [0.4, 0.5) is 9.18 Å². The van der Waals surface area contributed by atoms with Crippen LogP contribution < -0.4 is 0 Å². The predicted molar refractivity (Wildman–Crippen MR) is 87.3 cm³/mol. The Balaban J connectivity index is 3.35. The number of halogens is 3. The van der Waals surface area contributed by atoms with Gasteiger partial charge in [0.15, 0.2) is 0 Å². The number of hydrogen-bond acceptors (Lipinski definition) is 1. The van der Waals surface area contributed by atoms with E-state index < -0.39 is 23.5 Å². The Hall–Kier alpha value is -0.560. The van der Waals surface area contributed by atoms with E-state index in [1.807, 2.05) is 0 Å². The third-order valence-electron chi connectivity index (χ3n) is 2.96. The molecule has 0 spiro atoms. The van der Waals surface area contributed by atoms with Crippen LogP contribution in [0.25, 0.3) is 0 Å². The zero-order valence-electron chi connectivity index (χ0n) is 11.7. The molecule has 0 saturated heterocycles. The normalized spacial score (nSPS) is 13.1. The summed E-state index contributed by atoms with van der Waals surface area (Å²) in [6.07, 6.45) is -0.534. The maximum Gasteiger partial charge on any atom is 0.408 e. The second-order valence-electron chi connectivity index (χ2n) is 5.46. The number of nitrogens with zero attached hydrogens (tertiary/aromatic N) is 1. The Bertz CT molecular complexity index is 491. The molecule has 1 unspecified atom stereocenters. The van der Waals surface area contributed by atoms with Crippen LogP contribution in [0.3, 0.4) is 0 Å². The number of carboxylic acid groups (broad SMARTS) is 1. The Morgan fingerprint density at radius 2 is 2.10 bits per heavy atom. The highest BCUT2D eigenvalue weighted by molar-refractivity contribution is 14.1. The molecule has 1 atom stereocenters. The Labute approximate surface area is 137 Å². The molecule has 3 nitrogen and oxygen atoms in total. The van der Waals surface area contributed by atoms with Crippen molar-refractivity contribution in [2.75, 3.05) is 4.43 Å². The molecule has 0 aliphatic carbocycles. The zero-order chi connectivity index (χ0) is 15.5. The van der Waals surface area contributed by atoms with Gasteiger partial charge in [-0.15, -0.1) is 0 Å². The molecule has 0 radical (unpaired) electrons. The maximum atomic E-state index is 14.2. The average Bonchev–Trinajstić information content (AvgIpc) is 2.30. The highest BCUT2D eigenvalue weighted by Gasteiger charge is 2.35. The van der Waals surface area contributed by atoms with Gasteiger partial charge in [0.05, 0.1) is 11.1 Å². The van der Waals surface area contributed by atoms with Crippen molar-refractivity contribution in [3.05, 3.63) is 34.6 Å². The standard InChI is InChI=1S/C14H18ClFINO2/c1-14(2,3)18(13(19)20)11(7-8-17)9-5-4-6-10(15)12(9)16/h4-6,11H,7-8H2,1-3H3,(H,19,20). The molecule has 1 amide bonds. The molecule has 0 saturated carbocycles. The van der Waals surface area contributed by atoms with Gasteiger partial charge >= 0.3 is 6.09 Å². The van der Waals surface area contributed by atoms with Crippen molar-refractivity contribution in [2.45, 2.75) is 38.8 Å². The van der Waals surface area contributed by atoms with E-state index in [-0.39, 0.29) is 5.02 Å². The molecule has 0 heterocycles. The van der Waals surface area contributed by atoms with E-state index in [1.54, 1.807) is 32.9 Å². The first kappa shape index (κ1) is 17.5. The molecule has 20 heavy (non-hydrogen) atoms. The summed E-state index contributed by atoms with van der Waals surface area (Å²) >= 11 is 7.97. The number of benzene rings is 1. The zero-order valence-corrected chi connectivity index (χ0v) is 14.6. The lowest BCUT2D eigenvalue weighted by Crippen LogP contribution is -2.47. The fourth-order valence-electron chi connectivity index (χ4n) is 2.19. The number of rotatable bonds is 4. The summed E-state index contributed by atoms with van der Waals surface area (Å²) in [6.45, 7) is 5.39. The molecule has 0 bridgehead atoms. The van der Waals surface area contributed by atoms with Gasteiger partial charge in [0, 0.05) is 15.5 Å². The summed E-state index contributed by atoms with van der Waals surface area (Å²) in [5.41, 5.74) is -0.302. The van der Waals surface area contributed by atoms with Gasteiger partial charge in [-0.05, 0) is 33.3 Å². The topological polar surface area (TPSA) is 40.5 Å². The van der Waals surface area contributed by atoms with Crippen LogP contribution in [0.2, 0.25) is 5.02 Å². The smallest absolute Gasteiger partial charge is 0.408 e. The number of alkyl halides is 1. The van der Waals surface area contributed by atoms with Gasteiger partial charge in [0.2, 0.25) is 0 Å². The summed E-state index contributed by atoms with van der Waals surface area (Å²) in [4.78, 5) is 12.9. The summed E-state index contributed by atoms with van der Waals surface area (Å²) in [7, 11) is 0. The van der Waals surface area contributed by atoms with E-state index in [9.17, 15) is 14.3 Å². The average molecular weight is 414 g/mol. The van der Waals surface area contributed by atoms with Gasteiger partial charge in [-0.1, -0.05) is 46.3 Å². The second kappa shape index (κ2) is 6.93. The van der Waals surface area contributed by atoms with E-state index in [2.05, 4.69) is 22.6 Å². The van der Waals surface area contributed by atoms with Gasteiger partial charge in [-0.2, -0.15) is 0 Å². The van der Waals surface area contributed by atoms with Gasteiger partial charge in [0.1, 0.15) is 5.82 Å². The molecule has 1 rings (SSSR count). The molecule has 6 heteroatoms. The largest absolute Gasteiger partial charge is 0.465 e. The lowest BCUT2D eigenvalue weighted by atomic mass is 9.96. The first-order chi connectivity index (χ1) is 9.20. The van der Waals surface area contributed by atoms with E-state index >= 15 is 0 Å². The van der Waals surface area contributed by atoms with E-state index in [1.165, 1.54) is 11.0 Å². The van der Waals surface area contributed by atoms with Crippen molar-refractivity contribution in [3.63, 3.8) is 0 Å². The van der Waals surface area contributed by atoms with Crippen molar-refractivity contribution in [2.24, 2.45) is 0 Å². The van der Waals surface area contributed by atoms with E-state index in [0.29, 0.717) is 16.4 Å². The van der Waals surface area contributed by atoms with Crippen LogP contribution in [0.15, 0.2) is 18.2 Å². The van der Waals surface area contributed by atoms with Crippen LogP contribution in [-0.2, 0) is 0 Å². The monoisotopic (exact) mass is 413 g/mol. The van der Waals surface area contributed by atoms with Crippen LogP contribution in [0.5, 0.6) is 0 Å². The van der Waals surface area contributed by atoms with Crippen molar-refractivity contribution in [3.8, 4) is 0 Å². The first-order valence-corrected chi connectivity index (χ1v) is 8.12. The lowest BCUT2D eigenvalue weighted by Gasteiger charge is -2.40. The van der Waals surface area contributed by atoms with Crippen molar-refractivity contribution < 1.29 is 14.3 Å². The highest BCUT2D eigenvalue weighted by atomic mass is 127. The Kier molecular flexibility index (Phi) is 6.06. The van der Waals surface area contributed by atoms with Crippen molar-refractivity contribution in [1.82, 2.24) is 4.90 Å². The molecule has 0 aliphatic heterocycles. The van der Waals surface area contributed by atoms with Gasteiger partial charge in [0.25, 0.3) is 0 Å². The van der Waals surface area contributed by atoms with Crippen LogP contribution in [0, 0.1) is 5.82 Å². The minimum atomic E-state index is -1.06. The lowest BCUT2D eigenvalue weighted by molar-refractivity contribution is 0.0678. The molecule has 112 valence electrons. The van der Waals surface area contributed by atoms with Crippen LogP contribution in [-0.4, -0.2) is 26.1 Å². The summed E-state index contributed by atoms with van der Waals surface area (Å²) in [5.74, 6) is -0.542. The molecular weight excluding hydrogens is 396 g/mol. The second-order valence-corrected chi connectivity index (χ2v) is 6.95. The van der Waals surface area contributed by atoms with Crippen molar-refractivity contribution >= 4 is 40.3 Å². The van der Waals surface area contributed by atoms with E-state index in [4.69, 9.17) is 11.6 Å². The third-order valence-corrected chi connectivity index (χ3v) is 3.88. The predicted octanol–water partition coefficient (Wildman–Crippen LogP) is 5.12. The Morgan fingerprint density at radius 1 is 1.50 bits per heavy atom. The summed E-state index contributed by atoms with van der Waals surface area (Å²) in [6, 6.07) is 4.15. The number of hydrogen-bond donors (Lipinski definition) is 1. The molecule has 0 fully saturated rings. The minimum Gasteiger partial charge on any atom is -0.465 e. The highest BCUT2D eigenvalue weighted by Crippen LogP contribution is 2.34. The van der Waals surface area contributed by atoms with Gasteiger partial charge in [-0.3, -0.25) is 4.90 Å². The molecular formula is C14H18ClFINO2. The fourth-order valence-corrected chi connectivity index (χ4v) is 2.96. The molecule has 1 aromatic rings. The number of amides is 1. The molecule has 0 aromatic heterocycles. The van der Waals surface area contributed by atoms with Crippen LogP contribution >= 0.6 is 34.2 Å². The summed E-state index contributed by atoms with van der Waals surface area (Å²) < 4.78 is 14.9. The molecule has 1 N–H and O–H groups in total. The number of carbonyl (C=O) groups is 1. The SMILES string of the molecule is CC(C)(C)N(C(=O)O)C(CCI)c1cccc(Cl)c1F. The minimum absolute atomic E-state index is 0.0141. The molecule has 1 aromatic carbocycles. The maximum absolute atomic E-state index is 14.2. The fraction of sp³-hybridized carbons (Fsp3) is 0.500.